The second-order valence-electron chi connectivity index (χ2n) is 8.45. The largest absolute Gasteiger partial charge is 0.356 e. The molecule has 33 heavy (non-hydrogen) atoms. The minimum absolute atomic E-state index is 0.0352. The minimum atomic E-state index is -0.890. The first-order valence-corrected chi connectivity index (χ1v) is 10.9. The van der Waals surface area contributed by atoms with Crippen molar-refractivity contribution in [2.24, 2.45) is 0 Å². The van der Waals surface area contributed by atoms with Crippen LogP contribution in [0.1, 0.15) is 39.6 Å². The fourth-order valence-corrected chi connectivity index (χ4v) is 4.47. The van der Waals surface area contributed by atoms with Crippen LogP contribution in [0.5, 0.6) is 0 Å². The molecule has 5 nitrogen and oxygen atoms in total. The standard InChI is InChI=1S/C28H24N2O3/c1-19-10-14-22(15-11-19)28(23-16-12-20(2)13-17-23)25-8-3-4-9-26(25)29-27(33-28)21-6-5-7-24(18-21)30(31)32/h3-18,27,29H,1-2H3/t27-/m1/s1. The second-order valence-corrected chi connectivity index (χ2v) is 8.45. The molecule has 0 saturated heterocycles. The zero-order chi connectivity index (χ0) is 23.0. The van der Waals surface area contributed by atoms with Gasteiger partial charge in [-0.3, -0.25) is 10.1 Å². The molecule has 1 aliphatic rings. The van der Waals surface area contributed by atoms with E-state index >= 15 is 0 Å². The number of anilines is 1. The van der Waals surface area contributed by atoms with Crippen molar-refractivity contribution in [1.82, 2.24) is 0 Å². The number of nitro benzene ring substituents is 1. The number of benzene rings is 4. The van der Waals surface area contributed by atoms with Crippen molar-refractivity contribution in [3.05, 3.63) is 141 Å². The number of non-ortho nitro benzene ring substituents is 1. The van der Waals surface area contributed by atoms with Gasteiger partial charge in [0.05, 0.1) is 4.92 Å². The van der Waals surface area contributed by atoms with Crippen LogP contribution < -0.4 is 5.32 Å². The summed E-state index contributed by atoms with van der Waals surface area (Å²) in [6, 6.07) is 31.4. The molecule has 0 amide bonds. The highest BCUT2D eigenvalue weighted by atomic mass is 16.6. The Bertz CT molecular complexity index is 1270. The Morgan fingerprint density at radius 1 is 0.818 bits per heavy atom. The van der Waals surface area contributed by atoms with Gasteiger partial charge < -0.3 is 10.1 Å². The Balaban J connectivity index is 1.76. The zero-order valence-electron chi connectivity index (χ0n) is 18.5. The van der Waals surface area contributed by atoms with Crippen molar-refractivity contribution >= 4 is 11.4 Å². The van der Waals surface area contributed by atoms with Crippen molar-refractivity contribution in [1.29, 1.82) is 0 Å². The van der Waals surface area contributed by atoms with Gasteiger partial charge in [-0.05, 0) is 31.0 Å². The summed E-state index contributed by atoms with van der Waals surface area (Å²) >= 11 is 0. The predicted molar refractivity (Wildman–Crippen MR) is 129 cm³/mol. The molecule has 5 rings (SSSR count). The first-order chi connectivity index (χ1) is 16.0. The van der Waals surface area contributed by atoms with Gasteiger partial charge in [0.1, 0.15) is 5.60 Å². The van der Waals surface area contributed by atoms with Crippen LogP contribution in [0.3, 0.4) is 0 Å². The van der Waals surface area contributed by atoms with Crippen LogP contribution in [-0.2, 0) is 10.3 Å². The van der Waals surface area contributed by atoms with E-state index in [1.165, 1.54) is 6.07 Å². The van der Waals surface area contributed by atoms with E-state index in [4.69, 9.17) is 4.74 Å². The number of ether oxygens (including phenoxy) is 1. The third-order valence-electron chi connectivity index (χ3n) is 6.19. The van der Waals surface area contributed by atoms with Gasteiger partial charge in [-0.2, -0.15) is 0 Å². The van der Waals surface area contributed by atoms with Crippen LogP contribution in [0.2, 0.25) is 0 Å². The van der Waals surface area contributed by atoms with Gasteiger partial charge in [-0.1, -0.05) is 90.0 Å². The number of hydrogen-bond donors (Lipinski definition) is 1. The maximum atomic E-state index is 11.4. The molecule has 1 heterocycles. The van der Waals surface area contributed by atoms with Gasteiger partial charge in [-0.15, -0.1) is 0 Å². The highest BCUT2D eigenvalue weighted by molar-refractivity contribution is 5.64. The maximum absolute atomic E-state index is 11.4. The lowest BCUT2D eigenvalue weighted by atomic mass is 9.77. The van der Waals surface area contributed by atoms with Crippen LogP contribution >= 0.6 is 0 Å². The molecular formula is C28H24N2O3. The summed E-state index contributed by atoms with van der Waals surface area (Å²) in [6.45, 7) is 4.12. The third-order valence-corrected chi connectivity index (χ3v) is 6.19. The lowest BCUT2D eigenvalue weighted by Gasteiger charge is -2.44. The molecule has 0 unspecified atom stereocenters. The quantitative estimate of drug-likeness (QED) is 0.287. The normalized spacial score (nSPS) is 16.5. The highest BCUT2D eigenvalue weighted by Crippen LogP contribution is 2.50. The van der Waals surface area contributed by atoms with Crippen molar-refractivity contribution in [2.45, 2.75) is 25.7 Å². The molecule has 5 heteroatoms. The van der Waals surface area contributed by atoms with Crippen LogP contribution in [0.4, 0.5) is 11.4 Å². The Morgan fingerprint density at radius 2 is 1.42 bits per heavy atom. The highest BCUT2D eigenvalue weighted by Gasteiger charge is 2.45. The maximum Gasteiger partial charge on any atom is 0.269 e. The van der Waals surface area contributed by atoms with E-state index in [-0.39, 0.29) is 10.6 Å². The molecule has 4 aromatic carbocycles. The van der Waals surface area contributed by atoms with Crippen LogP contribution in [0, 0.1) is 24.0 Å². The van der Waals surface area contributed by atoms with Gasteiger partial charge >= 0.3 is 0 Å². The molecule has 0 spiro atoms. The number of para-hydroxylation sites is 1. The van der Waals surface area contributed by atoms with Crippen LogP contribution in [-0.4, -0.2) is 4.92 Å². The van der Waals surface area contributed by atoms with Crippen molar-refractivity contribution < 1.29 is 9.66 Å². The topological polar surface area (TPSA) is 64.4 Å². The average molecular weight is 437 g/mol. The number of nitro groups is 1. The number of nitrogens with one attached hydrogen (secondary N) is 1. The smallest absolute Gasteiger partial charge is 0.269 e. The van der Waals surface area contributed by atoms with Gasteiger partial charge in [0, 0.05) is 28.9 Å². The molecule has 0 bridgehead atoms. The summed E-state index contributed by atoms with van der Waals surface area (Å²) in [7, 11) is 0. The molecule has 0 saturated carbocycles. The van der Waals surface area contributed by atoms with Crippen molar-refractivity contribution in [3.8, 4) is 0 Å². The minimum Gasteiger partial charge on any atom is -0.356 e. The Labute approximate surface area is 192 Å². The van der Waals surface area contributed by atoms with Crippen molar-refractivity contribution in [2.75, 3.05) is 5.32 Å². The average Bonchev–Trinajstić information content (AvgIpc) is 2.84. The van der Waals surface area contributed by atoms with Gasteiger partial charge in [0.2, 0.25) is 0 Å². The lowest BCUT2D eigenvalue weighted by molar-refractivity contribution is -0.385. The molecule has 1 aliphatic heterocycles. The molecule has 1 atom stereocenters. The van der Waals surface area contributed by atoms with E-state index in [1.807, 2.05) is 24.3 Å². The summed E-state index contributed by atoms with van der Waals surface area (Å²) < 4.78 is 6.94. The monoisotopic (exact) mass is 436 g/mol. The van der Waals surface area contributed by atoms with E-state index in [9.17, 15) is 10.1 Å². The molecular weight excluding hydrogens is 412 g/mol. The van der Waals surface area contributed by atoms with E-state index in [0.29, 0.717) is 5.56 Å². The first kappa shape index (κ1) is 20.9. The molecule has 0 fully saturated rings. The van der Waals surface area contributed by atoms with E-state index in [2.05, 4.69) is 73.8 Å². The summed E-state index contributed by atoms with van der Waals surface area (Å²) in [5, 5.41) is 14.9. The fraction of sp³-hybridized carbons (Fsp3) is 0.143. The number of aryl methyl sites for hydroxylation is 2. The van der Waals surface area contributed by atoms with E-state index in [0.717, 1.165) is 33.5 Å². The molecule has 0 aromatic heterocycles. The zero-order valence-corrected chi connectivity index (χ0v) is 18.5. The van der Waals surface area contributed by atoms with E-state index < -0.39 is 11.8 Å². The van der Waals surface area contributed by atoms with Crippen molar-refractivity contribution in [3.63, 3.8) is 0 Å². The molecule has 4 aromatic rings. The fourth-order valence-electron chi connectivity index (χ4n) is 4.47. The summed E-state index contributed by atoms with van der Waals surface area (Å²) in [6.07, 6.45) is -0.581. The molecule has 0 aliphatic carbocycles. The van der Waals surface area contributed by atoms with Crippen LogP contribution in [0.15, 0.2) is 97.1 Å². The number of nitrogens with zero attached hydrogens (tertiary/aromatic N) is 1. The SMILES string of the molecule is Cc1ccc(C2(c3ccc(C)cc3)O[C@H](c3cccc([N+](=O)[O-])c3)Nc3ccccc32)cc1. The number of hydrogen-bond acceptors (Lipinski definition) is 4. The predicted octanol–water partition coefficient (Wildman–Crippen LogP) is 6.64. The lowest BCUT2D eigenvalue weighted by Crippen LogP contribution is -2.40. The Hall–Kier alpha value is -3.96. The Kier molecular flexibility index (Phi) is 5.19. The summed E-state index contributed by atoms with van der Waals surface area (Å²) in [4.78, 5) is 11.0. The second kappa shape index (κ2) is 8.19. The number of fused-ring (bicyclic) bond motifs is 1. The Morgan fingerprint density at radius 3 is 2.03 bits per heavy atom. The van der Waals surface area contributed by atoms with Gasteiger partial charge in [0.25, 0.3) is 5.69 Å². The van der Waals surface area contributed by atoms with Gasteiger partial charge in [-0.25, -0.2) is 0 Å². The van der Waals surface area contributed by atoms with Gasteiger partial charge in [0.15, 0.2) is 6.23 Å². The summed E-state index contributed by atoms with van der Waals surface area (Å²) in [5.74, 6) is 0. The number of rotatable bonds is 4. The van der Waals surface area contributed by atoms with E-state index in [1.54, 1.807) is 12.1 Å². The third kappa shape index (κ3) is 3.66. The molecule has 164 valence electrons. The molecule has 0 radical (unpaired) electrons. The summed E-state index contributed by atoms with van der Waals surface area (Å²) in [5.41, 5.74) is 6.10. The van der Waals surface area contributed by atoms with Crippen LogP contribution in [0.25, 0.3) is 0 Å². The first-order valence-electron chi connectivity index (χ1n) is 10.9. The molecule has 1 N–H and O–H groups in total.